The number of carbonyl (C=O) groups excluding carboxylic acids is 1. The number of Topliss-reactive ketones (excluding diaryl/α,β-unsaturated/α-hetero) is 1. The summed E-state index contributed by atoms with van der Waals surface area (Å²) in [7, 11) is 0. The maximum absolute atomic E-state index is 12.6. The van der Waals surface area contributed by atoms with Crippen LogP contribution in [0.2, 0.25) is 0 Å². The summed E-state index contributed by atoms with van der Waals surface area (Å²) in [5.74, 6) is 0.912. The van der Waals surface area contributed by atoms with Crippen molar-refractivity contribution in [1.82, 2.24) is 0 Å². The molecular formula is C20H26O. The lowest BCUT2D eigenvalue weighted by Crippen LogP contribution is -2.46. The lowest BCUT2D eigenvalue weighted by molar-refractivity contribution is -0.125. The molecule has 0 saturated heterocycles. The lowest BCUT2D eigenvalue weighted by Gasteiger charge is -2.53. The molecule has 1 aromatic rings. The molecule has 0 heterocycles. The van der Waals surface area contributed by atoms with E-state index in [1.54, 1.807) is 0 Å². The molecule has 0 N–H and O–H groups in total. The van der Waals surface area contributed by atoms with Gasteiger partial charge in [-0.25, -0.2) is 0 Å². The van der Waals surface area contributed by atoms with Crippen LogP contribution in [0.5, 0.6) is 0 Å². The molecule has 2 saturated carbocycles. The van der Waals surface area contributed by atoms with Crippen LogP contribution in [0.4, 0.5) is 0 Å². The monoisotopic (exact) mass is 282 g/mol. The molecule has 2 aliphatic rings. The Balaban J connectivity index is 1.91. The number of hydrogen-bond acceptors (Lipinski definition) is 1. The Hall–Kier alpha value is -1.37. The first-order valence-electron chi connectivity index (χ1n) is 8.20. The van der Waals surface area contributed by atoms with Crippen LogP contribution in [0.1, 0.15) is 58.4 Å². The molecule has 1 heteroatoms. The van der Waals surface area contributed by atoms with Gasteiger partial charge in [0.05, 0.1) is 0 Å². The molecule has 2 atom stereocenters. The van der Waals surface area contributed by atoms with Gasteiger partial charge >= 0.3 is 0 Å². The Morgan fingerprint density at radius 2 is 1.81 bits per heavy atom. The van der Waals surface area contributed by atoms with Crippen LogP contribution < -0.4 is 0 Å². The van der Waals surface area contributed by atoms with Crippen LogP contribution in [0.15, 0.2) is 35.9 Å². The van der Waals surface area contributed by atoms with Crippen LogP contribution in [-0.2, 0) is 4.79 Å². The molecule has 2 aliphatic carbocycles. The molecule has 0 radical (unpaired) electrons. The first kappa shape index (κ1) is 14.6. The number of fused-ring (bicyclic) bond motifs is 1. The highest BCUT2D eigenvalue weighted by molar-refractivity contribution is 6.00. The van der Waals surface area contributed by atoms with Crippen molar-refractivity contribution in [2.45, 2.75) is 52.9 Å². The minimum Gasteiger partial charge on any atom is -0.295 e. The largest absolute Gasteiger partial charge is 0.295 e. The van der Waals surface area contributed by atoms with Crippen LogP contribution >= 0.6 is 0 Å². The lowest BCUT2D eigenvalue weighted by atomic mass is 9.51. The van der Waals surface area contributed by atoms with Gasteiger partial charge in [-0.1, -0.05) is 57.5 Å². The fraction of sp³-hybridized carbons (Fsp3) is 0.550. The fourth-order valence-electron chi connectivity index (χ4n) is 4.71. The average Bonchev–Trinajstić information content (AvgIpc) is 2.42. The van der Waals surface area contributed by atoms with Crippen molar-refractivity contribution in [3.63, 3.8) is 0 Å². The van der Waals surface area contributed by atoms with Crippen molar-refractivity contribution in [3.05, 3.63) is 41.5 Å². The summed E-state index contributed by atoms with van der Waals surface area (Å²) < 4.78 is 0. The van der Waals surface area contributed by atoms with E-state index < -0.39 is 0 Å². The van der Waals surface area contributed by atoms with E-state index in [0.717, 1.165) is 24.0 Å². The topological polar surface area (TPSA) is 17.1 Å². The van der Waals surface area contributed by atoms with Crippen LogP contribution in [0, 0.1) is 16.7 Å². The number of hydrogen-bond donors (Lipinski definition) is 0. The van der Waals surface area contributed by atoms with Crippen LogP contribution in [0.25, 0.3) is 6.08 Å². The zero-order valence-corrected chi connectivity index (χ0v) is 13.5. The van der Waals surface area contributed by atoms with E-state index in [2.05, 4.69) is 39.0 Å². The Morgan fingerprint density at radius 1 is 1.10 bits per heavy atom. The first-order chi connectivity index (χ1) is 9.91. The third-order valence-electron chi connectivity index (χ3n) is 5.84. The molecule has 112 valence electrons. The molecule has 1 aromatic carbocycles. The summed E-state index contributed by atoms with van der Waals surface area (Å²) in [5, 5.41) is 0. The Labute approximate surface area is 128 Å². The van der Waals surface area contributed by atoms with E-state index in [1.807, 2.05) is 18.2 Å². The summed E-state index contributed by atoms with van der Waals surface area (Å²) in [6.45, 7) is 7.12. The molecule has 3 rings (SSSR count). The summed E-state index contributed by atoms with van der Waals surface area (Å²) in [6.07, 6.45) is 7.63. The highest BCUT2D eigenvalue weighted by Crippen LogP contribution is 2.57. The van der Waals surface area contributed by atoms with Gasteiger partial charge in [-0.05, 0) is 53.2 Å². The summed E-state index contributed by atoms with van der Waals surface area (Å²) in [6, 6.07) is 10.3. The Bertz CT molecular complexity index is 567. The second kappa shape index (κ2) is 5.12. The van der Waals surface area contributed by atoms with Crippen LogP contribution in [0.3, 0.4) is 0 Å². The fourth-order valence-corrected chi connectivity index (χ4v) is 4.71. The Morgan fingerprint density at radius 3 is 2.52 bits per heavy atom. The second-order valence-corrected chi connectivity index (χ2v) is 7.93. The van der Waals surface area contributed by atoms with Gasteiger partial charge in [0, 0.05) is 6.42 Å². The van der Waals surface area contributed by atoms with Crippen molar-refractivity contribution in [1.29, 1.82) is 0 Å². The minimum atomic E-state index is 0.302. The normalized spacial score (nSPS) is 33.8. The van der Waals surface area contributed by atoms with Crippen molar-refractivity contribution >= 4 is 11.9 Å². The van der Waals surface area contributed by atoms with E-state index in [4.69, 9.17) is 0 Å². The molecule has 0 aromatic heterocycles. The number of allylic oxidation sites excluding steroid dienone is 1. The SMILES string of the molecule is CC1(C)CCCC2(C)CC(=Cc3ccccc3)C(=O)CC12. The maximum Gasteiger partial charge on any atom is 0.159 e. The zero-order valence-electron chi connectivity index (χ0n) is 13.5. The van der Waals surface area contributed by atoms with E-state index in [9.17, 15) is 4.79 Å². The summed E-state index contributed by atoms with van der Waals surface area (Å²) >= 11 is 0. The molecule has 1 nitrogen and oxygen atoms in total. The quantitative estimate of drug-likeness (QED) is 0.642. The third-order valence-corrected chi connectivity index (χ3v) is 5.84. The molecule has 2 fully saturated rings. The predicted molar refractivity (Wildman–Crippen MR) is 87.9 cm³/mol. The number of benzene rings is 1. The van der Waals surface area contributed by atoms with E-state index in [0.29, 0.717) is 22.5 Å². The molecular weight excluding hydrogens is 256 g/mol. The van der Waals surface area contributed by atoms with E-state index in [-0.39, 0.29) is 0 Å². The number of carbonyl (C=O) groups is 1. The third kappa shape index (κ3) is 2.71. The van der Waals surface area contributed by atoms with Gasteiger partial charge in [0.1, 0.15) is 0 Å². The highest BCUT2D eigenvalue weighted by atomic mass is 16.1. The van der Waals surface area contributed by atoms with Crippen LogP contribution in [-0.4, -0.2) is 5.78 Å². The maximum atomic E-state index is 12.6. The van der Waals surface area contributed by atoms with Crippen molar-refractivity contribution in [2.24, 2.45) is 16.7 Å². The standard InChI is InChI=1S/C20H26O/c1-19(2)10-7-11-20(3)14-16(17(21)13-18(19)20)12-15-8-5-4-6-9-15/h4-6,8-9,12,18H,7,10-11,13-14H2,1-3H3. The van der Waals surface area contributed by atoms with Gasteiger partial charge in [0.2, 0.25) is 0 Å². The van der Waals surface area contributed by atoms with E-state index >= 15 is 0 Å². The summed E-state index contributed by atoms with van der Waals surface area (Å²) in [4.78, 5) is 12.6. The Kier molecular flexibility index (Phi) is 3.55. The zero-order chi connectivity index (χ0) is 15.1. The minimum absolute atomic E-state index is 0.302. The van der Waals surface area contributed by atoms with Crippen molar-refractivity contribution in [3.8, 4) is 0 Å². The second-order valence-electron chi connectivity index (χ2n) is 7.93. The van der Waals surface area contributed by atoms with Gasteiger partial charge in [0.15, 0.2) is 5.78 Å². The van der Waals surface area contributed by atoms with Gasteiger partial charge < -0.3 is 0 Å². The van der Waals surface area contributed by atoms with Gasteiger partial charge in [-0.15, -0.1) is 0 Å². The smallest absolute Gasteiger partial charge is 0.159 e. The van der Waals surface area contributed by atoms with Crippen molar-refractivity contribution in [2.75, 3.05) is 0 Å². The van der Waals surface area contributed by atoms with Gasteiger partial charge in [-0.2, -0.15) is 0 Å². The van der Waals surface area contributed by atoms with E-state index in [1.165, 1.54) is 19.3 Å². The average molecular weight is 282 g/mol. The predicted octanol–water partition coefficient (Wildman–Crippen LogP) is 5.27. The van der Waals surface area contributed by atoms with Gasteiger partial charge in [0.25, 0.3) is 0 Å². The van der Waals surface area contributed by atoms with Crippen molar-refractivity contribution < 1.29 is 4.79 Å². The molecule has 0 bridgehead atoms. The first-order valence-corrected chi connectivity index (χ1v) is 8.20. The number of rotatable bonds is 1. The molecule has 0 aliphatic heterocycles. The van der Waals surface area contributed by atoms with Gasteiger partial charge in [-0.3, -0.25) is 4.79 Å². The molecule has 0 spiro atoms. The highest BCUT2D eigenvalue weighted by Gasteiger charge is 2.50. The molecule has 0 amide bonds. The molecule has 2 unspecified atom stereocenters. The molecule has 21 heavy (non-hydrogen) atoms. The summed E-state index contributed by atoms with van der Waals surface area (Å²) in [5.41, 5.74) is 2.80. The number of ketones is 1.